The van der Waals surface area contributed by atoms with Gasteiger partial charge in [-0.05, 0) is 24.6 Å². The fourth-order valence-corrected chi connectivity index (χ4v) is 2.16. The van der Waals surface area contributed by atoms with E-state index in [0.717, 1.165) is 11.1 Å². The van der Waals surface area contributed by atoms with Gasteiger partial charge < -0.3 is 0 Å². The second-order valence-electron chi connectivity index (χ2n) is 4.81. The molecule has 1 aliphatic carbocycles. The average molecular weight is 266 g/mol. The molecule has 0 nitrogen and oxygen atoms in total. The average Bonchev–Trinajstić information content (AvgIpc) is 2.99. The lowest BCUT2D eigenvalue weighted by molar-refractivity contribution is 0.153. The van der Waals surface area contributed by atoms with Gasteiger partial charge in [0, 0.05) is 5.56 Å². The molecule has 2 aromatic carbocycles. The summed E-state index contributed by atoms with van der Waals surface area (Å²) in [6.07, 6.45) is 0. The maximum Gasteiger partial charge on any atom is 0.308 e. The Morgan fingerprint density at radius 2 is 1.65 bits per heavy atom. The van der Waals surface area contributed by atoms with Crippen LogP contribution in [0.15, 0.2) is 60.2 Å². The molecular weight excluding hydrogens is 254 g/mol. The molecule has 0 radical (unpaired) electrons. The molecule has 0 heterocycles. The highest BCUT2D eigenvalue weighted by molar-refractivity contribution is 5.95. The zero-order valence-corrected chi connectivity index (χ0v) is 11.0. The molecule has 0 saturated heterocycles. The monoisotopic (exact) mass is 266 g/mol. The van der Waals surface area contributed by atoms with Crippen LogP contribution in [0.4, 0.5) is 8.78 Å². The Bertz CT molecular complexity index is 744. The first-order valence-electron chi connectivity index (χ1n) is 6.36. The van der Waals surface area contributed by atoms with Crippen LogP contribution in [0.1, 0.15) is 16.7 Å². The van der Waals surface area contributed by atoms with Crippen LogP contribution in [-0.4, -0.2) is 5.92 Å². The van der Waals surface area contributed by atoms with Gasteiger partial charge in [-0.2, -0.15) is 8.78 Å². The Labute approximate surface area is 116 Å². The first-order valence-corrected chi connectivity index (χ1v) is 6.36. The van der Waals surface area contributed by atoms with E-state index >= 15 is 0 Å². The molecule has 0 aliphatic heterocycles. The molecule has 0 fully saturated rings. The second-order valence-corrected chi connectivity index (χ2v) is 4.81. The first kappa shape index (κ1) is 12.6. The molecule has 2 aromatic rings. The maximum absolute atomic E-state index is 13.8. The van der Waals surface area contributed by atoms with Crippen molar-refractivity contribution < 1.29 is 8.78 Å². The SMILES string of the molecule is Cc1cccc(C2=C(C#Cc3ccccc3)C2(F)F)c1. The van der Waals surface area contributed by atoms with Crippen LogP contribution in [0, 0.1) is 18.8 Å². The summed E-state index contributed by atoms with van der Waals surface area (Å²) in [6.45, 7) is 1.89. The summed E-state index contributed by atoms with van der Waals surface area (Å²) in [5.41, 5.74) is 2.27. The lowest BCUT2D eigenvalue weighted by Gasteiger charge is -1.98. The standard InChI is InChI=1S/C18H12F2/c1-13-6-5-9-15(12-13)17-16(18(17,19)20)11-10-14-7-3-2-4-8-14/h2-9,12H,1H3. The van der Waals surface area contributed by atoms with Crippen LogP contribution in [0.5, 0.6) is 0 Å². The number of hydrogen-bond donors (Lipinski definition) is 0. The molecule has 0 aromatic heterocycles. The van der Waals surface area contributed by atoms with Crippen molar-refractivity contribution in [2.75, 3.05) is 0 Å². The van der Waals surface area contributed by atoms with E-state index in [2.05, 4.69) is 11.8 Å². The van der Waals surface area contributed by atoms with E-state index < -0.39 is 5.92 Å². The van der Waals surface area contributed by atoms with Crippen LogP contribution in [-0.2, 0) is 0 Å². The van der Waals surface area contributed by atoms with E-state index in [9.17, 15) is 8.78 Å². The van der Waals surface area contributed by atoms with E-state index in [1.54, 1.807) is 30.3 Å². The molecule has 98 valence electrons. The number of alkyl halides is 2. The van der Waals surface area contributed by atoms with E-state index in [-0.39, 0.29) is 11.1 Å². The quantitative estimate of drug-likeness (QED) is 0.669. The smallest absolute Gasteiger partial charge is 0.195 e. The molecular formula is C18H12F2. The van der Waals surface area contributed by atoms with Crippen molar-refractivity contribution >= 4 is 5.57 Å². The van der Waals surface area contributed by atoms with Crippen LogP contribution < -0.4 is 0 Å². The third kappa shape index (κ3) is 2.23. The lowest BCUT2D eigenvalue weighted by atomic mass is 10.1. The summed E-state index contributed by atoms with van der Waals surface area (Å²) < 4.78 is 27.6. The van der Waals surface area contributed by atoms with Crippen molar-refractivity contribution in [2.24, 2.45) is 0 Å². The summed E-state index contributed by atoms with van der Waals surface area (Å²) in [7, 11) is 0. The minimum absolute atomic E-state index is 0.0598. The summed E-state index contributed by atoms with van der Waals surface area (Å²) in [5, 5.41) is 0. The topological polar surface area (TPSA) is 0 Å². The maximum atomic E-state index is 13.8. The molecule has 0 bridgehead atoms. The van der Waals surface area contributed by atoms with Gasteiger partial charge in [-0.3, -0.25) is 0 Å². The number of aryl methyl sites for hydroxylation is 1. The Kier molecular flexibility index (Phi) is 2.91. The summed E-state index contributed by atoms with van der Waals surface area (Å²) in [4.78, 5) is 0. The Hall–Kier alpha value is -2.40. The van der Waals surface area contributed by atoms with Crippen LogP contribution in [0.2, 0.25) is 0 Å². The van der Waals surface area contributed by atoms with E-state index in [0.29, 0.717) is 5.56 Å². The molecule has 3 rings (SSSR count). The molecule has 1 aliphatic rings. The van der Waals surface area contributed by atoms with Crippen LogP contribution in [0.3, 0.4) is 0 Å². The predicted molar refractivity (Wildman–Crippen MR) is 76.4 cm³/mol. The Morgan fingerprint density at radius 3 is 2.35 bits per heavy atom. The molecule has 0 amide bonds. The normalized spacial score (nSPS) is 15.6. The molecule has 0 atom stereocenters. The summed E-state index contributed by atoms with van der Waals surface area (Å²) in [6, 6.07) is 16.3. The molecule has 20 heavy (non-hydrogen) atoms. The zero-order chi connectivity index (χ0) is 14.2. The number of halogens is 2. The van der Waals surface area contributed by atoms with E-state index in [4.69, 9.17) is 0 Å². The number of benzene rings is 2. The predicted octanol–water partition coefficient (Wildman–Crippen LogP) is 4.45. The lowest BCUT2D eigenvalue weighted by Crippen LogP contribution is -1.96. The highest BCUT2D eigenvalue weighted by atomic mass is 19.3. The van der Waals surface area contributed by atoms with Crippen molar-refractivity contribution in [2.45, 2.75) is 12.8 Å². The molecule has 2 heteroatoms. The van der Waals surface area contributed by atoms with Crippen LogP contribution in [0.25, 0.3) is 5.57 Å². The molecule has 0 spiro atoms. The summed E-state index contributed by atoms with van der Waals surface area (Å²) >= 11 is 0. The van der Waals surface area contributed by atoms with Crippen molar-refractivity contribution in [1.82, 2.24) is 0 Å². The Morgan fingerprint density at radius 1 is 0.900 bits per heavy atom. The minimum atomic E-state index is -2.88. The van der Waals surface area contributed by atoms with Crippen molar-refractivity contribution in [3.8, 4) is 11.8 Å². The minimum Gasteiger partial charge on any atom is -0.195 e. The number of rotatable bonds is 1. The van der Waals surface area contributed by atoms with Gasteiger partial charge in [0.2, 0.25) is 0 Å². The highest BCUT2D eigenvalue weighted by Crippen LogP contribution is 2.54. The van der Waals surface area contributed by atoms with Gasteiger partial charge in [0.15, 0.2) is 0 Å². The van der Waals surface area contributed by atoms with Crippen molar-refractivity contribution in [1.29, 1.82) is 0 Å². The molecule has 0 unspecified atom stereocenters. The van der Waals surface area contributed by atoms with Gasteiger partial charge >= 0.3 is 5.92 Å². The molecule has 0 N–H and O–H groups in total. The van der Waals surface area contributed by atoms with E-state index in [1.165, 1.54) is 0 Å². The third-order valence-corrected chi connectivity index (χ3v) is 3.23. The van der Waals surface area contributed by atoms with Gasteiger partial charge in [-0.15, -0.1) is 0 Å². The van der Waals surface area contributed by atoms with Crippen molar-refractivity contribution in [3.05, 3.63) is 76.9 Å². The van der Waals surface area contributed by atoms with Gasteiger partial charge in [0.1, 0.15) is 0 Å². The van der Waals surface area contributed by atoms with Gasteiger partial charge in [-0.1, -0.05) is 59.9 Å². The van der Waals surface area contributed by atoms with Gasteiger partial charge in [0.25, 0.3) is 0 Å². The fraction of sp³-hybridized carbons (Fsp3) is 0.111. The largest absolute Gasteiger partial charge is 0.308 e. The van der Waals surface area contributed by atoms with Crippen LogP contribution >= 0.6 is 0 Å². The van der Waals surface area contributed by atoms with Crippen molar-refractivity contribution in [3.63, 3.8) is 0 Å². The summed E-state index contributed by atoms with van der Waals surface area (Å²) in [5.74, 6) is 2.52. The second kappa shape index (κ2) is 4.61. The number of allylic oxidation sites excluding steroid dienone is 2. The number of hydrogen-bond acceptors (Lipinski definition) is 0. The van der Waals surface area contributed by atoms with Gasteiger partial charge in [0.05, 0.1) is 11.1 Å². The molecule has 0 saturated carbocycles. The van der Waals surface area contributed by atoms with Gasteiger partial charge in [-0.25, -0.2) is 0 Å². The fourth-order valence-electron chi connectivity index (χ4n) is 2.16. The zero-order valence-electron chi connectivity index (χ0n) is 11.0. The third-order valence-electron chi connectivity index (χ3n) is 3.23. The Balaban J connectivity index is 1.95. The first-order chi connectivity index (χ1) is 9.59. The van der Waals surface area contributed by atoms with E-state index in [1.807, 2.05) is 31.2 Å². The highest BCUT2D eigenvalue weighted by Gasteiger charge is 2.56.